The van der Waals surface area contributed by atoms with Crippen LogP contribution in [0.25, 0.3) is 10.9 Å². The van der Waals surface area contributed by atoms with Crippen molar-refractivity contribution < 1.29 is 0 Å². The number of rotatable bonds is 6. The molecule has 0 spiro atoms. The Bertz CT molecular complexity index is 1030. The summed E-state index contributed by atoms with van der Waals surface area (Å²) in [4.78, 5) is 10.1. The van der Waals surface area contributed by atoms with Crippen molar-refractivity contribution in [2.75, 3.05) is 31.6 Å². The third-order valence-electron chi connectivity index (χ3n) is 5.39. The van der Waals surface area contributed by atoms with Gasteiger partial charge in [0.05, 0.1) is 0 Å². The van der Waals surface area contributed by atoms with Crippen LogP contribution in [-0.2, 0) is 13.0 Å². The smallest absolute Gasteiger partial charge is 0.191 e. The predicted molar refractivity (Wildman–Crippen MR) is 138 cm³/mol. The normalized spacial score (nSPS) is 13.5. The Morgan fingerprint density at radius 1 is 1.10 bits per heavy atom. The number of nitrogens with one attached hydrogen (secondary N) is 3. The van der Waals surface area contributed by atoms with E-state index in [1.807, 2.05) is 7.05 Å². The molecule has 1 aromatic heterocycles. The first-order valence-corrected chi connectivity index (χ1v) is 10.2. The molecule has 0 saturated heterocycles. The average Bonchev–Trinajstić information content (AvgIpc) is 3.41. The van der Waals surface area contributed by atoms with E-state index in [1.54, 1.807) is 0 Å². The van der Waals surface area contributed by atoms with Gasteiger partial charge in [-0.25, -0.2) is 0 Å². The van der Waals surface area contributed by atoms with Crippen molar-refractivity contribution >= 4 is 46.5 Å². The molecule has 2 heterocycles. The number of nitrogens with zero attached hydrogens (tertiary/aromatic N) is 2. The monoisotopic (exact) mass is 515 g/mol. The molecule has 0 atom stereocenters. The molecule has 0 aliphatic carbocycles. The van der Waals surface area contributed by atoms with Crippen molar-refractivity contribution in [3.8, 4) is 0 Å². The number of aromatic nitrogens is 1. The Labute approximate surface area is 195 Å². The number of hydrogen-bond acceptors (Lipinski definition) is 2. The Balaban J connectivity index is 0.00000256. The largest absolute Gasteiger partial charge is 0.364 e. The zero-order chi connectivity index (χ0) is 20.1. The van der Waals surface area contributed by atoms with Crippen LogP contribution in [-0.4, -0.2) is 37.6 Å². The molecule has 6 heteroatoms. The van der Waals surface area contributed by atoms with Crippen molar-refractivity contribution in [1.82, 2.24) is 15.6 Å². The summed E-state index contributed by atoms with van der Waals surface area (Å²) in [7, 11) is 1.82. The topological polar surface area (TPSA) is 55.5 Å². The molecule has 4 rings (SSSR count). The van der Waals surface area contributed by atoms with E-state index >= 15 is 0 Å². The van der Waals surface area contributed by atoms with Crippen molar-refractivity contribution in [3.05, 3.63) is 77.5 Å². The highest BCUT2D eigenvalue weighted by molar-refractivity contribution is 14.0. The summed E-state index contributed by atoms with van der Waals surface area (Å²) in [6.45, 7) is 5.69. The van der Waals surface area contributed by atoms with Crippen LogP contribution in [0.5, 0.6) is 0 Å². The number of aryl methyl sites for hydroxylation is 1. The second kappa shape index (κ2) is 10.5. The Morgan fingerprint density at radius 3 is 2.73 bits per heavy atom. The van der Waals surface area contributed by atoms with E-state index in [0.717, 1.165) is 38.6 Å². The van der Waals surface area contributed by atoms with Crippen LogP contribution in [0.3, 0.4) is 0 Å². The number of aliphatic imine (C=N–C) groups is 1. The molecule has 3 N–H and O–H groups in total. The number of halogens is 1. The summed E-state index contributed by atoms with van der Waals surface area (Å²) in [6.07, 6.45) is 7.49. The molecule has 0 unspecified atom stereocenters. The van der Waals surface area contributed by atoms with Gasteiger partial charge in [-0.1, -0.05) is 36.4 Å². The maximum atomic E-state index is 4.36. The number of anilines is 1. The van der Waals surface area contributed by atoms with Crippen LogP contribution in [0.15, 0.2) is 65.8 Å². The predicted octanol–water partition coefficient (Wildman–Crippen LogP) is 4.38. The minimum Gasteiger partial charge on any atom is -0.364 e. The van der Waals surface area contributed by atoms with E-state index in [9.17, 15) is 0 Å². The van der Waals surface area contributed by atoms with Crippen molar-refractivity contribution in [2.24, 2.45) is 4.99 Å². The molecular weight excluding hydrogens is 485 g/mol. The van der Waals surface area contributed by atoms with E-state index in [4.69, 9.17) is 0 Å². The van der Waals surface area contributed by atoms with Crippen molar-refractivity contribution in [3.63, 3.8) is 0 Å². The second-order valence-electron chi connectivity index (χ2n) is 7.51. The van der Waals surface area contributed by atoms with Crippen LogP contribution in [0.2, 0.25) is 0 Å². The molecule has 0 radical (unpaired) electrons. The van der Waals surface area contributed by atoms with E-state index in [-0.39, 0.29) is 24.0 Å². The Kier molecular flexibility index (Phi) is 7.79. The van der Waals surface area contributed by atoms with Crippen LogP contribution < -0.4 is 15.5 Å². The minimum absolute atomic E-state index is 0. The number of H-pyrrole nitrogens is 1. The maximum absolute atomic E-state index is 4.36. The molecule has 0 amide bonds. The van der Waals surface area contributed by atoms with Crippen LogP contribution in [0.4, 0.5) is 5.69 Å². The van der Waals surface area contributed by atoms with Gasteiger partial charge in [0.15, 0.2) is 5.96 Å². The van der Waals surface area contributed by atoms with E-state index in [1.165, 1.54) is 33.3 Å². The zero-order valence-electron chi connectivity index (χ0n) is 17.6. The maximum Gasteiger partial charge on any atom is 0.191 e. The molecular formula is C24H30IN5. The molecule has 0 saturated carbocycles. The molecule has 5 nitrogen and oxygen atoms in total. The van der Waals surface area contributed by atoms with Gasteiger partial charge in [-0.2, -0.15) is 0 Å². The standard InChI is InChI=1S/C24H29N5.HI/c1-18-8-9-22-20(17-27-23(22)14-18)10-11-26-24(25-2)28-16-19-6-5-7-21(15-19)29-12-3-4-13-29;/h3-9,14-15,17,27H,10-13,16H2,1-2H3,(H2,25,26,28);1H. The Morgan fingerprint density at radius 2 is 1.93 bits per heavy atom. The molecule has 2 aromatic carbocycles. The summed E-state index contributed by atoms with van der Waals surface area (Å²) in [5.74, 6) is 0.828. The highest BCUT2D eigenvalue weighted by atomic mass is 127. The summed E-state index contributed by atoms with van der Waals surface area (Å²) in [5.41, 5.74) is 6.33. The van der Waals surface area contributed by atoms with Gasteiger partial charge >= 0.3 is 0 Å². The van der Waals surface area contributed by atoms with Crippen LogP contribution in [0.1, 0.15) is 16.7 Å². The molecule has 1 aliphatic heterocycles. The highest BCUT2D eigenvalue weighted by Gasteiger charge is 2.08. The van der Waals surface area contributed by atoms with Gasteiger partial charge in [0, 0.05) is 56.0 Å². The lowest BCUT2D eigenvalue weighted by Gasteiger charge is -2.19. The first-order valence-electron chi connectivity index (χ1n) is 10.2. The highest BCUT2D eigenvalue weighted by Crippen LogP contribution is 2.20. The first kappa shape index (κ1) is 22.2. The lowest BCUT2D eigenvalue weighted by Crippen LogP contribution is -2.37. The van der Waals surface area contributed by atoms with Gasteiger partial charge in [-0.15, -0.1) is 24.0 Å². The van der Waals surface area contributed by atoms with Gasteiger partial charge < -0.3 is 20.5 Å². The molecule has 1 aliphatic rings. The zero-order valence-corrected chi connectivity index (χ0v) is 19.9. The lowest BCUT2D eigenvalue weighted by molar-refractivity contribution is 0.796. The van der Waals surface area contributed by atoms with Gasteiger partial charge in [0.1, 0.15) is 0 Å². The number of fused-ring (bicyclic) bond motifs is 1. The summed E-state index contributed by atoms with van der Waals surface area (Å²) in [6, 6.07) is 15.3. The number of hydrogen-bond donors (Lipinski definition) is 3. The van der Waals surface area contributed by atoms with Gasteiger partial charge in [0.25, 0.3) is 0 Å². The quantitative estimate of drug-likeness (QED) is 0.198. The molecule has 0 bridgehead atoms. The molecule has 0 fully saturated rings. The molecule has 3 aromatic rings. The summed E-state index contributed by atoms with van der Waals surface area (Å²) < 4.78 is 0. The average molecular weight is 515 g/mol. The minimum atomic E-state index is 0. The van der Waals surface area contributed by atoms with E-state index < -0.39 is 0 Å². The van der Waals surface area contributed by atoms with E-state index in [0.29, 0.717) is 0 Å². The van der Waals surface area contributed by atoms with Crippen LogP contribution >= 0.6 is 24.0 Å². The molecule has 30 heavy (non-hydrogen) atoms. The summed E-state index contributed by atoms with van der Waals surface area (Å²) >= 11 is 0. The molecule has 158 valence electrons. The van der Waals surface area contributed by atoms with Crippen LogP contribution in [0, 0.1) is 6.92 Å². The van der Waals surface area contributed by atoms with Gasteiger partial charge in [-0.3, -0.25) is 4.99 Å². The Hall–Kier alpha value is -2.48. The number of guanidine groups is 1. The fraction of sp³-hybridized carbons (Fsp3) is 0.292. The fourth-order valence-corrected chi connectivity index (χ4v) is 3.78. The van der Waals surface area contributed by atoms with Crippen molar-refractivity contribution in [1.29, 1.82) is 0 Å². The summed E-state index contributed by atoms with van der Waals surface area (Å²) in [5, 5.41) is 8.15. The third kappa shape index (κ3) is 5.36. The number of aromatic amines is 1. The second-order valence-corrected chi connectivity index (χ2v) is 7.51. The first-order chi connectivity index (χ1) is 14.2. The van der Waals surface area contributed by atoms with Gasteiger partial charge in [0.2, 0.25) is 0 Å². The lowest BCUT2D eigenvalue weighted by atomic mass is 10.1. The van der Waals surface area contributed by atoms with Crippen molar-refractivity contribution in [2.45, 2.75) is 19.9 Å². The SMILES string of the molecule is CN=C(NCCc1c[nH]c2cc(C)ccc12)NCc1cccc(N2CC=CC2)c1.I. The fourth-order valence-electron chi connectivity index (χ4n) is 3.78. The van der Waals surface area contributed by atoms with E-state index in [2.05, 4.69) is 93.2 Å². The third-order valence-corrected chi connectivity index (χ3v) is 5.39. The number of benzene rings is 2. The van der Waals surface area contributed by atoms with Gasteiger partial charge in [-0.05, 0) is 48.2 Å².